The van der Waals surface area contributed by atoms with Crippen LogP contribution in [0.3, 0.4) is 0 Å². The summed E-state index contributed by atoms with van der Waals surface area (Å²) >= 11 is 0. The fourth-order valence-corrected chi connectivity index (χ4v) is 3.13. The standard InChI is InChI=1S/C16H25N/c1-13-4-6-15(7-5-13)16(12-17-3)10-8-14(2)9-11-16/h4-7,14,17H,8-12H2,1-3H3. The summed E-state index contributed by atoms with van der Waals surface area (Å²) in [6, 6.07) is 9.18. The molecule has 0 saturated heterocycles. The van der Waals surface area contributed by atoms with Crippen molar-refractivity contribution < 1.29 is 0 Å². The Kier molecular flexibility index (Phi) is 3.88. The van der Waals surface area contributed by atoms with Crippen molar-refractivity contribution >= 4 is 0 Å². The first-order valence-corrected chi connectivity index (χ1v) is 6.88. The smallest absolute Gasteiger partial charge is 0.00778 e. The summed E-state index contributed by atoms with van der Waals surface area (Å²) in [7, 11) is 2.08. The van der Waals surface area contributed by atoms with Crippen LogP contribution in [0.2, 0.25) is 0 Å². The molecule has 1 heteroatoms. The predicted octanol–water partition coefficient (Wildman–Crippen LogP) is 3.66. The minimum absolute atomic E-state index is 0.384. The highest BCUT2D eigenvalue weighted by molar-refractivity contribution is 5.30. The van der Waals surface area contributed by atoms with Crippen molar-refractivity contribution in [3.05, 3.63) is 35.4 Å². The number of hydrogen-bond acceptors (Lipinski definition) is 1. The molecule has 2 rings (SSSR count). The van der Waals surface area contributed by atoms with Crippen LogP contribution in [0, 0.1) is 12.8 Å². The van der Waals surface area contributed by atoms with Gasteiger partial charge in [-0.25, -0.2) is 0 Å². The summed E-state index contributed by atoms with van der Waals surface area (Å²) in [5.41, 5.74) is 3.27. The molecule has 1 aromatic carbocycles. The van der Waals surface area contributed by atoms with Gasteiger partial charge in [0.05, 0.1) is 0 Å². The Balaban J connectivity index is 2.24. The molecule has 0 unspecified atom stereocenters. The van der Waals surface area contributed by atoms with Crippen molar-refractivity contribution in [3.63, 3.8) is 0 Å². The zero-order chi connectivity index (χ0) is 12.3. The van der Waals surface area contributed by atoms with Gasteiger partial charge in [0.15, 0.2) is 0 Å². The molecule has 0 bridgehead atoms. The Morgan fingerprint density at radius 3 is 2.29 bits per heavy atom. The highest BCUT2D eigenvalue weighted by atomic mass is 14.8. The molecule has 1 fully saturated rings. The van der Waals surface area contributed by atoms with E-state index in [0.717, 1.165) is 12.5 Å². The van der Waals surface area contributed by atoms with E-state index >= 15 is 0 Å². The van der Waals surface area contributed by atoms with Gasteiger partial charge in [0, 0.05) is 12.0 Å². The van der Waals surface area contributed by atoms with Crippen molar-refractivity contribution in [1.82, 2.24) is 5.32 Å². The van der Waals surface area contributed by atoms with Crippen molar-refractivity contribution in [3.8, 4) is 0 Å². The Bertz CT molecular complexity index is 344. The van der Waals surface area contributed by atoms with Crippen molar-refractivity contribution in [2.24, 2.45) is 5.92 Å². The highest BCUT2D eigenvalue weighted by Crippen LogP contribution is 2.41. The first kappa shape index (κ1) is 12.6. The van der Waals surface area contributed by atoms with Gasteiger partial charge in [0.25, 0.3) is 0 Å². The Hall–Kier alpha value is -0.820. The molecule has 0 radical (unpaired) electrons. The highest BCUT2D eigenvalue weighted by Gasteiger charge is 2.34. The molecular formula is C16H25N. The second kappa shape index (κ2) is 5.22. The number of likely N-dealkylation sites (N-methyl/N-ethyl adjacent to an activating group) is 1. The van der Waals surface area contributed by atoms with Crippen LogP contribution >= 0.6 is 0 Å². The molecule has 0 atom stereocenters. The predicted molar refractivity (Wildman–Crippen MR) is 74.4 cm³/mol. The van der Waals surface area contributed by atoms with Gasteiger partial charge in [-0.2, -0.15) is 0 Å². The van der Waals surface area contributed by atoms with E-state index in [-0.39, 0.29) is 0 Å². The number of hydrogen-bond donors (Lipinski definition) is 1. The van der Waals surface area contributed by atoms with E-state index < -0.39 is 0 Å². The lowest BCUT2D eigenvalue weighted by atomic mass is 9.67. The molecule has 1 saturated carbocycles. The van der Waals surface area contributed by atoms with Crippen molar-refractivity contribution in [2.45, 2.75) is 44.9 Å². The Morgan fingerprint density at radius 1 is 1.18 bits per heavy atom. The van der Waals surface area contributed by atoms with Gasteiger partial charge >= 0.3 is 0 Å². The molecule has 0 aliphatic heterocycles. The molecule has 0 amide bonds. The number of rotatable bonds is 3. The summed E-state index contributed by atoms with van der Waals surface area (Å²) in [4.78, 5) is 0. The van der Waals surface area contributed by atoms with Gasteiger partial charge in [0.1, 0.15) is 0 Å². The van der Waals surface area contributed by atoms with E-state index in [9.17, 15) is 0 Å². The van der Waals surface area contributed by atoms with E-state index in [1.165, 1.54) is 36.8 Å². The van der Waals surface area contributed by atoms with E-state index in [2.05, 4.69) is 50.5 Å². The van der Waals surface area contributed by atoms with Gasteiger partial charge in [-0.3, -0.25) is 0 Å². The molecule has 1 aliphatic carbocycles. The monoisotopic (exact) mass is 231 g/mol. The third kappa shape index (κ3) is 2.71. The summed E-state index contributed by atoms with van der Waals surface area (Å²) in [5.74, 6) is 0.908. The Labute approximate surface area is 106 Å². The van der Waals surface area contributed by atoms with Crippen LogP contribution in [0.4, 0.5) is 0 Å². The van der Waals surface area contributed by atoms with Gasteiger partial charge < -0.3 is 5.32 Å². The SMILES string of the molecule is CNCC1(c2ccc(C)cc2)CCC(C)CC1. The Morgan fingerprint density at radius 2 is 1.76 bits per heavy atom. The summed E-state index contributed by atoms with van der Waals surface area (Å²) in [6.07, 6.45) is 5.40. The van der Waals surface area contributed by atoms with Gasteiger partial charge in [0.2, 0.25) is 0 Å². The molecule has 1 nitrogen and oxygen atoms in total. The third-order valence-corrected chi connectivity index (χ3v) is 4.41. The molecule has 17 heavy (non-hydrogen) atoms. The fourth-order valence-electron chi connectivity index (χ4n) is 3.13. The maximum absolute atomic E-state index is 3.41. The maximum Gasteiger partial charge on any atom is 0.00778 e. The summed E-state index contributed by atoms with van der Waals surface area (Å²) in [5, 5.41) is 3.41. The topological polar surface area (TPSA) is 12.0 Å². The van der Waals surface area contributed by atoms with Gasteiger partial charge in [-0.1, -0.05) is 36.8 Å². The van der Waals surface area contributed by atoms with Crippen LogP contribution in [0.5, 0.6) is 0 Å². The lowest BCUT2D eigenvalue weighted by Gasteiger charge is -2.40. The number of benzene rings is 1. The van der Waals surface area contributed by atoms with Gasteiger partial charge in [-0.15, -0.1) is 0 Å². The minimum Gasteiger partial charge on any atom is -0.319 e. The molecule has 0 heterocycles. The van der Waals surface area contributed by atoms with E-state index in [1.807, 2.05) is 0 Å². The molecule has 1 N–H and O–H groups in total. The fraction of sp³-hybridized carbons (Fsp3) is 0.625. The van der Waals surface area contributed by atoms with Gasteiger partial charge in [-0.05, 0) is 51.1 Å². The second-order valence-electron chi connectivity index (χ2n) is 5.86. The van der Waals surface area contributed by atoms with Crippen LogP contribution in [-0.2, 0) is 5.41 Å². The van der Waals surface area contributed by atoms with Crippen LogP contribution in [0.1, 0.15) is 43.7 Å². The number of aryl methyl sites for hydroxylation is 1. The zero-order valence-corrected chi connectivity index (χ0v) is 11.4. The lowest BCUT2D eigenvalue weighted by molar-refractivity contribution is 0.237. The average molecular weight is 231 g/mol. The van der Waals surface area contributed by atoms with Crippen LogP contribution in [0.15, 0.2) is 24.3 Å². The molecule has 1 aromatic rings. The molecule has 1 aliphatic rings. The van der Waals surface area contributed by atoms with Crippen molar-refractivity contribution in [1.29, 1.82) is 0 Å². The van der Waals surface area contributed by atoms with Crippen LogP contribution in [-0.4, -0.2) is 13.6 Å². The molecule has 0 aromatic heterocycles. The summed E-state index contributed by atoms with van der Waals surface area (Å²) < 4.78 is 0. The third-order valence-electron chi connectivity index (χ3n) is 4.41. The molecular weight excluding hydrogens is 206 g/mol. The first-order chi connectivity index (χ1) is 8.16. The first-order valence-electron chi connectivity index (χ1n) is 6.88. The largest absolute Gasteiger partial charge is 0.319 e. The van der Waals surface area contributed by atoms with Crippen LogP contribution < -0.4 is 5.32 Å². The zero-order valence-electron chi connectivity index (χ0n) is 11.4. The lowest BCUT2D eigenvalue weighted by Crippen LogP contribution is -2.40. The van der Waals surface area contributed by atoms with E-state index in [4.69, 9.17) is 0 Å². The molecule has 0 spiro atoms. The van der Waals surface area contributed by atoms with E-state index in [1.54, 1.807) is 0 Å². The molecule has 94 valence electrons. The maximum atomic E-state index is 3.41. The normalized spacial score (nSPS) is 29.2. The quantitative estimate of drug-likeness (QED) is 0.837. The number of nitrogens with one attached hydrogen (secondary N) is 1. The summed E-state index contributed by atoms with van der Waals surface area (Å²) in [6.45, 7) is 5.67. The van der Waals surface area contributed by atoms with E-state index in [0.29, 0.717) is 5.41 Å². The second-order valence-corrected chi connectivity index (χ2v) is 5.86. The average Bonchev–Trinajstić information content (AvgIpc) is 2.34. The van der Waals surface area contributed by atoms with Crippen LogP contribution in [0.25, 0.3) is 0 Å². The minimum atomic E-state index is 0.384. The van der Waals surface area contributed by atoms with Crippen molar-refractivity contribution in [2.75, 3.05) is 13.6 Å².